The van der Waals surface area contributed by atoms with Crippen molar-refractivity contribution in [2.45, 2.75) is 12.8 Å². The van der Waals surface area contributed by atoms with Crippen molar-refractivity contribution in [1.29, 1.82) is 0 Å². The van der Waals surface area contributed by atoms with Crippen LogP contribution in [0.3, 0.4) is 0 Å². The van der Waals surface area contributed by atoms with Crippen LogP contribution in [0.4, 0.5) is 4.39 Å². The molecule has 10 heteroatoms. The molecule has 3 aliphatic rings. The fraction of sp³-hybridized carbons (Fsp3) is 0.118. The molecule has 1 aliphatic carbocycles. The van der Waals surface area contributed by atoms with Gasteiger partial charge in [0, 0.05) is 25.0 Å². The molecule has 0 atom stereocenters. The molecule has 0 bridgehead atoms. The molecular weight excluding hydrogens is 363 g/mol. The maximum Gasteiger partial charge on any atom is 0.371 e. The van der Waals surface area contributed by atoms with Crippen molar-refractivity contribution in [2.24, 2.45) is 0 Å². The van der Waals surface area contributed by atoms with Gasteiger partial charge in [0.05, 0.1) is 0 Å². The predicted octanol–water partition coefficient (Wildman–Crippen LogP) is 1.36. The van der Waals surface area contributed by atoms with Gasteiger partial charge in [-0.25, -0.2) is 14.2 Å². The number of halogens is 1. The minimum atomic E-state index is -1.23. The first-order chi connectivity index (χ1) is 12.8. The topological polar surface area (TPSA) is 127 Å². The van der Waals surface area contributed by atoms with Crippen molar-refractivity contribution in [3.63, 3.8) is 0 Å². The van der Waals surface area contributed by atoms with Crippen molar-refractivity contribution >= 4 is 28.9 Å². The Kier molecular flexibility index (Phi) is 3.62. The molecule has 0 spiro atoms. The summed E-state index contributed by atoms with van der Waals surface area (Å²) in [6.45, 7) is 0. The number of aromatic nitrogens is 1. The van der Waals surface area contributed by atoms with Crippen molar-refractivity contribution in [1.82, 2.24) is 10.0 Å². The second kappa shape index (κ2) is 5.87. The van der Waals surface area contributed by atoms with Gasteiger partial charge in [-0.2, -0.15) is 0 Å². The summed E-state index contributed by atoms with van der Waals surface area (Å²) in [5.41, 5.74) is -1.60. The standard InChI is InChI=1S/C17H9FN2O7/c18-7-5-9-12(6-11(7)22)26-16-8(19-9)1-2-10(21)15(16)17(25)27-20-13(23)3-4-14(20)24/h1-2,5-6,21H,3-4H2. The highest BCUT2D eigenvalue weighted by Gasteiger charge is 2.34. The molecule has 0 saturated carbocycles. The Balaban J connectivity index is 1.86. The van der Waals surface area contributed by atoms with Gasteiger partial charge in [0.15, 0.2) is 17.2 Å². The fourth-order valence-electron chi connectivity index (χ4n) is 2.67. The average Bonchev–Trinajstić information content (AvgIpc) is 2.93. The van der Waals surface area contributed by atoms with Gasteiger partial charge in [-0.3, -0.25) is 14.4 Å². The summed E-state index contributed by atoms with van der Waals surface area (Å²) in [4.78, 5) is 56.0. The number of amides is 2. The predicted molar refractivity (Wildman–Crippen MR) is 85.0 cm³/mol. The molecule has 1 N–H and O–H groups in total. The molecule has 0 aromatic heterocycles. The highest BCUT2D eigenvalue weighted by atomic mass is 19.1. The smallest absolute Gasteiger partial charge is 0.371 e. The van der Waals surface area contributed by atoms with Gasteiger partial charge in [0.2, 0.25) is 5.43 Å². The number of phenolic OH excluding ortho intramolecular Hbond substituents is 1. The van der Waals surface area contributed by atoms with Gasteiger partial charge in [0.1, 0.15) is 22.5 Å². The zero-order chi connectivity index (χ0) is 19.3. The second-order valence-corrected chi connectivity index (χ2v) is 5.73. The largest absolute Gasteiger partial charge is 0.507 e. The lowest BCUT2D eigenvalue weighted by atomic mass is 10.1. The van der Waals surface area contributed by atoms with Gasteiger partial charge < -0.3 is 14.4 Å². The number of rotatable bonds is 2. The molecule has 2 aliphatic heterocycles. The van der Waals surface area contributed by atoms with Crippen LogP contribution in [0.15, 0.2) is 33.5 Å². The molecule has 4 rings (SSSR count). The third-order valence-electron chi connectivity index (χ3n) is 3.97. The van der Waals surface area contributed by atoms with E-state index in [2.05, 4.69) is 4.98 Å². The number of benzene rings is 2. The third-order valence-corrected chi connectivity index (χ3v) is 3.97. The number of aromatic hydroxyl groups is 1. The van der Waals surface area contributed by atoms with Crippen LogP contribution in [-0.2, 0) is 14.4 Å². The van der Waals surface area contributed by atoms with Crippen molar-refractivity contribution < 1.29 is 33.1 Å². The summed E-state index contributed by atoms with van der Waals surface area (Å²) in [5, 5.41) is 10.4. The van der Waals surface area contributed by atoms with Crippen molar-refractivity contribution in [3.05, 3.63) is 45.9 Å². The normalized spacial score (nSPS) is 14.3. The fourth-order valence-corrected chi connectivity index (χ4v) is 2.67. The summed E-state index contributed by atoms with van der Waals surface area (Å²) < 4.78 is 18.9. The van der Waals surface area contributed by atoms with Crippen LogP contribution in [0.5, 0.6) is 5.75 Å². The number of carbonyl (C=O) groups is 3. The number of phenols is 1. The molecule has 1 aromatic rings. The maximum atomic E-state index is 13.4. The van der Waals surface area contributed by atoms with Gasteiger partial charge in [0.25, 0.3) is 11.8 Å². The van der Waals surface area contributed by atoms with E-state index in [9.17, 15) is 28.7 Å². The Bertz CT molecular complexity index is 1150. The van der Waals surface area contributed by atoms with Gasteiger partial charge in [-0.15, -0.1) is 5.06 Å². The summed E-state index contributed by atoms with van der Waals surface area (Å²) in [6.07, 6.45) is -0.190. The maximum absolute atomic E-state index is 13.4. The Morgan fingerprint density at radius 1 is 1.19 bits per heavy atom. The molecule has 1 aromatic carbocycles. The Labute approximate surface area is 148 Å². The molecule has 136 valence electrons. The van der Waals surface area contributed by atoms with Gasteiger partial charge >= 0.3 is 5.97 Å². The minimum Gasteiger partial charge on any atom is -0.507 e. The molecule has 2 heterocycles. The highest BCUT2D eigenvalue weighted by Crippen LogP contribution is 2.32. The number of hydrogen-bond donors (Lipinski definition) is 1. The first kappa shape index (κ1) is 16.6. The number of hydroxylamine groups is 2. The van der Waals surface area contributed by atoms with E-state index in [4.69, 9.17) is 9.25 Å². The molecule has 0 unspecified atom stereocenters. The molecule has 1 saturated heterocycles. The van der Waals surface area contributed by atoms with E-state index >= 15 is 0 Å². The zero-order valence-electron chi connectivity index (χ0n) is 13.4. The number of fused-ring (bicyclic) bond motifs is 2. The van der Waals surface area contributed by atoms with E-state index < -0.39 is 40.3 Å². The van der Waals surface area contributed by atoms with E-state index in [1.807, 2.05) is 0 Å². The van der Waals surface area contributed by atoms with Crippen LogP contribution in [0.25, 0.3) is 22.6 Å². The number of hydrogen-bond acceptors (Lipinski definition) is 8. The SMILES string of the molecule is O=C(ON1C(=O)CCC1=O)c1c(O)ccc2nc3cc(F)c(=O)cc-3oc12. The van der Waals surface area contributed by atoms with Crippen LogP contribution in [0.1, 0.15) is 23.2 Å². The minimum absolute atomic E-state index is 0.0227. The summed E-state index contributed by atoms with van der Waals surface area (Å²) >= 11 is 0. The van der Waals surface area contributed by atoms with E-state index in [-0.39, 0.29) is 35.4 Å². The van der Waals surface area contributed by atoms with Crippen molar-refractivity contribution in [2.75, 3.05) is 0 Å². The molecular formula is C17H9FN2O7. The lowest BCUT2D eigenvalue weighted by Gasteiger charge is -2.14. The second-order valence-electron chi connectivity index (χ2n) is 5.73. The quantitative estimate of drug-likeness (QED) is 0.528. The number of imide groups is 1. The number of carbonyl (C=O) groups excluding carboxylic acids is 3. The first-order valence-corrected chi connectivity index (χ1v) is 7.69. The molecule has 27 heavy (non-hydrogen) atoms. The molecule has 0 radical (unpaired) electrons. The van der Waals surface area contributed by atoms with Crippen LogP contribution in [0, 0.1) is 5.82 Å². The van der Waals surface area contributed by atoms with Gasteiger partial charge in [-0.1, -0.05) is 0 Å². The summed E-state index contributed by atoms with van der Waals surface area (Å²) in [5.74, 6) is -4.31. The van der Waals surface area contributed by atoms with Gasteiger partial charge in [-0.05, 0) is 12.1 Å². The first-order valence-electron chi connectivity index (χ1n) is 7.69. The third kappa shape index (κ3) is 2.67. The molecule has 1 fully saturated rings. The van der Waals surface area contributed by atoms with E-state index in [1.54, 1.807) is 0 Å². The summed E-state index contributed by atoms with van der Waals surface area (Å²) in [7, 11) is 0. The molecule has 2 amide bonds. The van der Waals surface area contributed by atoms with Crippen LogP contribution in [0.2, 0.25) is 0 Å². The highest BCUT2D eigenvalue weighted by molar-refractivity contribution is 6.07. The Morgan fingerprint density at radius 3 is 2.59 bits per heavy atom. The Morgan fingerprint density at radius 2 is 1.89 bits per heavy atom. The van der Waals surface area contributed by atoms with E-state index in [1.165, 1.54) is 6.07 Å². The van der Waals surface area contributed by atoms with E-state index in [0.29, 0.717) is 5.06 Å². The lowest BCUT2D eigenvalue weighted by Crippen LogP contribution is -2.32. The molecule has 9 nitrogen and oxygen atoms in total. The Hall–Kier alpha value is -3.82. The average molecular weight is 372 g/mol. The van der Waals surface area contributed by atoms with E-state index in [0.717, 1.165) is 18.2 Å². The monoisotopic (exact) mass is 372 g/mol. The zero-order valence-corrected chi connectivity index (χ0v) is 13.4. The van der Waals surface area contributed by atoms with Crippen LogP contribution >= 0.6 is 0 Å². The number of nitrogens with zero attached hydrogens (tertiary/aromatic N) is 2. The summed E-state index contributed by atoms with van der Waals surface area (Å²) in [6, 6.07) is 4.16. The van der Waals surface area contributed by atoms with Crippen LogP contribution < -0.4 is 5.43 Å². The van der Waals surface area contributed by atoms with Crippen molar-refractivity contribution in [3.8, 4) is 17.2 Å². The van der Waals surface area contributed by atoms with Crippen LogP contribution in [-0.4, -0.2) is 32.9 Å². The lowest BCUT2D eigenvalue weighted by molar-refractivity contribution is -0.172.